The Balaban J connectivity index is 5.61. The van der Waals surface area contributed by atoms with E-state index in [2.05, 4.69) is 4.74 Å². The number of hydrogen-bond acceptors (Lipinski definition) is 1. The van der Waals surface area contributed by atoms with Crippen LogP contribution in [0.4, 0.5) is 39.5 Å². The van der Waals surface area contributed by atoms with Crippen LogP contribution in [0.15, 0.2) is 0 Å². The summed E-state index contributed by atoms with van der Waals surface area (Å²) in [5, 5.41) is 0. The molecule has 10 heteroatoms. The lowest BCUT2D eigenvalue weighted by molar-refractivity contribution is -0.430. The van der Waals surface area contributed by atoms with Gasteiger partial charge in [-0.15, -0.1) is 0 Å². The maximum Gasteiger partial charge on any atom is 0.412 e. The van der Waals surface area contributed by atoms with E-state index in [1.54, 1.807) is 0 Å². The number of alkyl halides is 9. The van der Waals surface area contributed by atoms with Gasteiger partial charge in [0.2, 0.25) is 0 Å². The molecule has 0 fully saturated rings. The molecule has 1 nitrogen and oxygen atoms in total. The van der Waals surface area contributed by atoms with Crippen LogP contribution >= 0.6 is 0 Å². The molecule has 0 unspecified atom stereocenters. The lowest BCUT2D eigenvalue weighted by atomic mass is 9.82. The predicted octanol–water partition coefficient (Wildman–Crippen LogP) is 4.09. The van der Waals surface area contributed by atoms with Crippen LogP contribution in [0.5, 0.6) is 0 Å². The van der Waals surface area contributed by atoms with Crippen LogP contribution in [0.25, 0.3) is 0 Å². The van der Waals surface area contributed by atoms with Crippen LogP contribution in [-0.2, 0) is 4.74 Å². The summed E-state index contributed by atoms with van der Waals surface area (Å²) in [5.41, 5.74) is -5.76. The number of rotatable bonds is 4. The van der Waals surface area contributed by atoms with Gasteiger partial charge in [0.05, 0.1) is 0 Å². The number of ether oxygens (including phenoxy) is 1. The van der Waals surface area contributed by atoms with Gasteiger partial charge < -0.3 is 4.74 Å². The van der Waals surface area contributed by atoms with Gasteiger partial charge in [-0.1, -0.05) is 0 Å². The molecule has 0 amide bonds. The van der Waals surface area contributed by atoms with Gasteiger partial charge in [-0.3, -0.25) is 0 Å². The Kier molecular flexibility index (Phi) is 4.95. The second-order valence-corrected chi connectivity index (χ2v) is 3.35. The van der Waals surface area contributed by atoms with Crippen LogP contribution in [0, 0.1) is 5.41 Å². The molecule has 0 aromatic rings. The first kappa shape index (κ1) is 17.3. The maximum absolute atomic E-state index is 12.3. The molecule has 110 valence electrons. The summed E-state index contributed by atoms with van der Waals surface area (Å²) in [6.07, 6.45) is -21.8. The molecule has 0 N–H and O–H groups in total. The molecule has 0 aliphatic rings. The van der Waals surface area contributed by atoms with Crippen molar-refractivity contribution < 1.29 is 44.3 Å². The third-order valence-electron chi connectivity index (χ3n) is 2.28. The molecule has 0 saturated heterocycles. The van der Waals surface area contributed by atoms with Crippen molar-refractivity contribution in [1.29, 1.82) is 0 Å². The highest BCUT2D eigenvalue weighted by Gasteiger charge is 2.82. The van der Waals surface area contributed by atoms with Crippen molar-refractivity contribution in [3.8, 4) is 0 Å². The Labute approximate surface area is 95.9 Å². The molecule has 0 atom stereocenters. The lowest BCUT2D eigenvalue weighted by Crippen LogP contribution is -2.60. The van der Waals surface area contributed by atoms with Crippen molar-refractivity contribution in [2.75, 3.05) is 13.2 Å². The van der Waals surface area contributed by atoms with Crippen molar-refractivity contribution in [3.63, 3.8) is 0 Å². The van der Waals surface area contributed by atoms with Crippen LogP contribution in [0.1, 0.15) is 13.3 Å². The second-order valence-electron chi connectivity index (χ2n) is 3.35. The molecule has 0 aliphatic heterocycles. The topological polar surface area (TPSA) is 9.23 Å². The summed E-state index contributed by atoms with van der Waals surface area (Å²) < 4.78 is 115. The van der Waals surface area contributed by atoms with Crippen molar-refractivity contribution in [2.24, 2.45) is 5.41 Å². The second kappa shape index (κ2) is 5.14. The number of halogens is 9. The normalized spacial score (nSPS) is 15.0. The van der Waals surface area contributed by atoms with Gasteiger partial charge >= 0.3 is 18.5 Å². The predicted molar refractivity (Wildman–Crippen MR) is 41.7 cm³/mol. The van der Waals surface area contributed by atoms with E-state index in [1.165, 1.54) is 6.92 Å². The average molecular weight is 292 g/mol. The molecule has 18 heavy (non-hydrogen) atoms. The van der Waals surface area contributed by atoms with E-state index in [9.17, 15) is 39.5 Å². The van der Waals surface area contributed by atoms with Crippen LogP contribution in [-0.4, -0.2) is 31.7 Å². The molecule has 0 bridgehead atoms. The average Bonchev–Trinajstić information content (AvgIpc) is 2.05. The molecule has 0 rings (SSSR count). The van der Waals surface area contributed by atoms with Crippen LogP contribution < -0.4 is 0 Å². The summed E-state index contributed by atoms with van der Waals surface area (Å²) >= 11 is 0. The largest absolute Gasteiger partial charge is 0.412 e. The van der Waals surface area contributed by atoms with Crippen molar-refractivity contribution in [3.05, 3.63) is 0 Å². The molecular weight excluding hydrogens is 283 g/mol. The summed E-state index contributed by atoms with van der Waals surface area (Å²) in [7, 11) is 0. The van der Waals surface area contributed by atoms with Crippen LogP contribution in [0.2, 0.25) is 0 Å². The highest BCUT2D eigenvalue weighted by Crippen LogP contribution is 2.61. The van der Waals surface area contributed by atoms with Gasteiger partial charge in [0.15, 0.2) is 0 Å². The third-order valence-corrected chi connectivity index (χ3v) is 2.28. The molecule has 0 radical (unpaired) electrons. The fourth-order valence-corrected chi connectivity index (χ4v) is 1.28. The molecule has 0 heterocycles. The monoisotopic (exact) mass is 292 g/mol. The van der Waals surface area contributed by atoms with E-state index < -0.39 is 37.0 Å². The van der Waals surface area contributed by atoms with Crippen LogP contribution in [0.3, 0.4) is 0 Å². The standard InChI is InChI=1S/C8H9F9O/c1-2-18-4-3-5(6(9,10)11,7(12,13)14)8(15,16)17/h2-4H2,1H3. The first-order valence-corrected chi connectivity index (χ1v) is 4.59. The quantitative estimate of drug-likeness (QED) is 0.560. The zero-order valence-corrected chi connectivity index (χ0v) is 8.93. The van der Waals surface area contributed by atoms with Crippen molar-refractivity contribution in [2.45, 2.75) is 31.9 Å². The Hall–Kier alpha value is -0.670. The Morgan fingerprint density at radius 1 is 0.722 bits per heavy atom. The molecule has 0 aliphatic carbocycles. The Morgan fingerprint density at radius 3 is 1.28 bits per heavy atom. The van der Waals surface area contributed by atoms with Gasteiger partial charge in [-0.05, 0) is 6.92 Å². The Bertz CT molecular complexity index is 225. The van der Waals surface area contributed by atoms with Gasteiger partial charge in [0.25, 0.3) is 5.41 Å². The van der Waals surface area contributed by atoms with E-state index in [4.69, 9.17) is 0 Å². The van der Waals surface area contributed by atoms with E-state index in [0.717, 1.165) is 0 Å². The minimum absolute atomic E-state index is 0.288. The Morgan fingerprint density at radius 2 is 1.06 bits per heavy atom. The first-order valence-electron chi connectivity index (χ1n) is 4.59. The van der Waals surface area contributed by atoms with Gasteiger partial charge in [0.1, 0.15) is 0 Å². The van der Waals surface area contributed by atoms with Gasteiger partial charge in [0, 0.05) is 19.6 Å². The van der Waals surface area contributed by atoms with E-state index in [1.807, 2.05) is 0 Å². The van der Waals surface area contributed by atoms with E-state index >= 15 is 0 Å². The molecular formula is C8H9F9O. The zero-order valence-electron chi connectivity index (χ0n) is 8.93. The van der Waals surface area contributed by atoms with E-state index in [-0.39, 0.29) is 6.61 Å². The summed E-state index contributed by atoms with van der Waals surface area (Å²) in [6.45, 7) is -0.352. The summed E-state index contributed by atoms with van der Waals surface area (Å²) in [4.78, 5) is 0. The van der Waals surface area contributed by atoms with Gasteiger partial charge in [-0.2, -0.15) is 39.5 Å². The first-order chi connectivity index (χ1) is 7.81. The SMILES string of the molecule is CCOCCC(C(F)(F)F)(C(F)(F)F)C(F)(F)F. The maximum atomic E-state index is 12.3. The van der Waals surface area contributed by atoms with Gasteiger partial charge in [-0.25, -0.2) is 0 Å². The lowest BCUT2D eigenvalue weighted by Gasteiger charge is -2.38. The van der Waals surface area contributed by atoms with Crippen molar-refractivity contribution in [1.82, 2.24) is 0 Å². The molecule has 0 spiro atoms. The smallest absolute Gasteiger partial charge is 0.382 e. The van der Waals surface area contributed by atoms with E-state index in [0.29, 0.717) is 0 Å². The molecule has 0 saturated carbocycles. The highest BCUT2D eigenvalue weighted by atomic mass is 19.4. The molecule has 0 aromatic heterocycles. The molecule has 0 aromatic carbocycles. The summed E-state index contributed by atoms with van der Waals surface area (Å²) in [5.74, 6) is 0. The highest BCUT2D eigenvalue weighted by molar-refractivity contribution is 4.99. The minimum atomic E-state index is -6.50. The number of hydrogen-bond donors (Lipinski definition) is 0. The zero-order chi connectivity index (χ0) is 14.8. The fraction of sp³-hybridized carbons (Fsp3) is 1.00. The fourth-order valence-electron chi connectivity index (χ4n) is 1.28. The summed E-state index contributed by atoms with van der Waals surface area (Å²) in [6, 6.07) is 0. The van der Waals surface area contributed by atoms with Crippen molar-refractivity contribution >= 4 is 0 Å². The third kappa shape index (κ3) is 3.01. The minimum Gasteiger partial charge on any atom is -0.382 e.